The van der Waals surface area contributed by atoms with Gasteiger partial charge in [0.25, 0.3) is 0 Å². The lowest BCUT2D eigenvalue weighted by atomic mass is 10.1. The molecule has 1 unspecified atom stereocenters. The van der Waals surface area contributed by atoms with Crippen LogP contribution < -0.4 is 0 Å². The van der Waals surface area contributed by atoms with Crippen molar-refractivity contribution in [1.29, 1.82) is 0 Å². The summed E-state index contributed by atoms with van der Waals surface area (Å²) in [5.74, 6) is 0. The van der Waals surface area contributed by atoms with E-state index in [0.29, 0.717) is 0 Å². The molecule has 0 spiro atoms. The fraction of sp³-hybridized carbons (Fsp3) is 0.278. The Balaban J connectivity index is 1.75. The number of benzene rings is 1. The summed E-state index contributed by atoms with van der Waals surface area (Å²) in [6.07, 6.45) is 7.14. The molecule has 2 heterocycles. The SMILES string of the molecule is Cc1cc(-n2cccn2)ccc1CN(C)C(C)c1ccncn1. The van der Waals surface area contributed by atoms with E-state index in [2.05, 4.69) is 59.1 Å². The second-order valence-corrected chi connectivity index (χ2v) is 5.79. The fourth-order valence-corrected chi connectivity index (χ4v) is 2.60. The molecule has 0 amide bonds. The van der Waals surface area contributed by atoms with Crippen LogP contribution in [0.5, 0.6) is 0 Å². The molecule has 2 aromatic heterocycles. The van der Waals surface area contributed by atoms with Crippen LogP contribution in [-0.2, 0) is 6.54 Å². The lowest BCUT2D eigenvalue weighted by Crippen LogP contribution is -2.23. The third kappa shape index (κ3) is 3.46. The van der Waals surface area contributed by atoms with E-state index < -0.39 is 0 Å². The zero-order chi connectivity index (χ0) is 16.2. The molecular formula is C18H21N5. The Morgan fingerprint density at radius 2 is 2.09 bits per heavy atom. The van der Waals surface area contributed by atoms with E-state index >= 15 is 0 Å². The molecule has 5 heteroatoms. The van der Waals surface area contributed by atoms with Crippen LogP contribution >= 0.6 is 0 Å². The van der Waals surface area contributed by atoms with Crippen molar-refractivity contribution in [2.24, 2.45) is 0 Å². The maximum Gasteiger partial charge on any atom is 0.115 e. The molecule has 23 heavy (non-hydrogen) atoms. The van der Waals surface area contributed by atoms with Crippen molar-refractivity contribution in [3.05, 3.63) is 72.1 Å². The van der Waals surface area contributed by atoms with Gasteiger partial charge in [0.05, 0.1) is 11.4 Å². The van der Waals surface area contributed by atoms with Crippen LogP contribution in [0, 0.1) is 6.92 Å². The van der Waals surface area contributed by atoms with Gasteiger partial charge in [-0.2, -0.15) is 5.10 Å². The average Bonchev–Trinajstić information content (AvgIpc) is 3.11. The molecular weight excluding hydrogens is 286 g/mol. The highest BCUT2D eigenvalue weighted by molar-refractivity contribution is 5.39. The van der Waals surface area contributed by atoms with Crippen molar-refractivity contribution in [2.45, 2.75) is 26.4 Å². The van der Waals surface area contributed by atoms with Gasteiger partial charge < -0.3 is 0 Å². The van der Waals surface area contributed by atoms with Gasteiger partial charge in [-0.25, -0.2) is 14.6 Å². The van der Waals surface area contributed by atoms with Crippen LogP contribution in [-0.4, -0.2) is 31.7 Å². The minimum Gasteiger partial charge on any atom is -0.294 e. The van der Waals surface area contributed by atoms with E-state index in [0.717, 1.165) is 17.9 Å². The standard InChI is InChI=1S/C18H21N5/c1-14-11-17(23-10-4-8-21-23)6-5-16(14)12-22(3)15(2)18-7-9-19-13-20-18/h4-11,13,15H,12H2,1-3H3. The molecule has 1 atom stereocenters. The number of aryl methyl sites for hydroxylation is 1. The van der Waals surface area contributed by atoms with Crippen LogP contribution in [0.2, 0.25) is 0 Å². The van der Waals surface area contributed by atoms with E-state index in [1.165, 1.54) is 11.1 Å². The summed E-state index contributed by atoms with van der Waals surface area (Å²) < 4.78 is 1.88. The highest BCUT2D eigenvalue weighted by atomic mass is 15.3. The smallest absolute Gasteiger partial charge is 0.115 e. The van der Waals surface area contributed by atoms with Gasteiger partial charge in [-0.3, -0.25) is 4.90 Å². The maximum atomic E-state index is 4.35. The topological polar surface area (TPSA) is 46.8 Å². The predicted octanol–water partition coefficient (Wildman–Crippen LogP) is 3.16. The highest BCUT2D eigenvalue weighted by Gasteiger charge is 2.14. The summed E-state index contributed by atoms with van der Waals surface area (Å²) >= 11 is 0. The zero-order valence-corrected chi connectivity index (χ0v) is 13.7. The largest absolute Gasteiger partial charge is 0.294 e. The van der Waals surface area contributed by atoms with Gasteiger partial charge in [-0.15, -0.1) is 0 Å². The minimum atomic E-state index is 0.239. The van der Waals surface area contributed by atoms with Crippen LogP contribution in [0.25, 0.3) is 5.69 Å². The van der Waals surface area contributed by atoms with Crippen molar-refractivity contribution in [2.75, 3.05) is 7.05 Å². The first kappa shape index (κ1) is 15.4. The van der Waals surface area contributed by atoms with Gasteiger partial charge in [-0.05, 0) is 56.3 Å². The lowest BCUT2D eigenvalue weighted by molar-refractivity contribution is 0.248. The Morgan fingerprint density at radius 3 is 2.74 bits per heavy atom. The molecule has 1 aromatic carbocycles. The number of hydrogen-bond donors (Lipinski definition) is 0. The number of nitrogens with zero attached hydrogens (tertiary/aromatic N) is 5. The zero-order valence-electron chi connectivity index (χ0n) is 13.7. The van der Waals surface area contributed by atoms with Crippen molar-refractivity contribution >= 4 is 0 Å². The van der Waals surface area contributed by atoms with Crippen LogP contribution in [0.4, 0.5) is 0 Å². The van der Waals surface area contributed by atoms with Crippen molar-refractivity contribution in [3.63, 3.8) is 0 Å². The van der Waals surface area contributed by atoms with E-state index in [4.69, 9.17) is 0 Å². The minimum absolute atomic E-state index is 0.239. The summed E-state index contributed by atoms with van der Waals surface area (Å²) in [4.78, 5) is 10.6. The van der Waals surface area contributed by atoms with Crippen molar-refractivity contribution in [3.8, 4) is 5.69 Å². The molecule has 3 rings (SSSR count). The summed E-state index contributed by atoms with van der Waals surface area (Å²) in [5.41, 5.74) is 4.69. The Kier molecular flexibility index (Phi) is 4.48. The summed E-state index contributed by atoms with van der Waals surface area (Å²) in [5, 5.41) is 4.28. The Hall–Kier alpha value is -2.53. The Bertz CT molecular complexity index is 752. The molecule has 118 valence electrons. The first-order valence-electron chi connectivity index (χ1n) is 7.71. The van der Waals surface area contributed by atoms with Crippen LogP contribution in [0.15, 0.2) is 55.2 Å². The van der Waals surface area contributed by atoms with E-state index in [9.17, 15) is 0 Å². The van der Waals surface area contributed by atoms with Gasteiger partial charge in [0.1, 0.15) is 6.33 Å². The lowest BCUT2D eigenvalue weighted by Gasteiger charge is -2.25. The fourth-order valence-electron chi connectivity index (χ4n) is 2.60. The van der Waals surface area contributed by atoms with E-state index in [-0.39, 0.29) is 6.04 Å². The quantitative estimate of drug-likeness (QED) is 0.726. The van der Waals surface area contributed by atoms with Gasteiger partial charge >= 0.3 is 0 Å². The Labute approximate surface area is 136 Å². The summed E-state index contributed by atoms with van der Waals surface area (Å²) in [7, 11) is 2.12. The average molecular weight is 307 g/mol. The van der Waals surface area contributed by atoms with Gasteiger partial charge in [-0.1, -0.05) is 6.07 Å². The molecule has 0 bridgehead atoms. The number of hydrogen-bond acceptors (Lipinski definition) is 4. The van der Waals surface area contributed by atoms with Crippen molar-refractivity contribution in [1.82, 2.24) is 24.6 Å². The third-order valence-corrected chi connectivity index (χ3v) is 4.21. The van der Waals surface area contributed by atoms with Crippen LogP contribution in [0.1, 0.15) is 29.8 Å². The molecule has 0 fully saturated rings. The normalized spacial score (nSPS) is 12.5. The predicted molar refractivity (Wildman–Crippen MR) is 90.2 cm³/mol. The summed E-state index contributed by atoms with van der Waals surface area (Å²) in [6.45, 7) is 5.18. The molecule has 0 saturated carbocycles. The summed E-state index contributed by atoms with van der Waals surface area (Å²) in [6, 6.07) is 10.6. The molecule has 3 aromatic rings. The van der Waals surface area contributed by atoms with E-state index in [1.54, 1.807) is 18.7 Å². The third-order valence-electron chi connectivity index (χ3n) is 4.21. The van der Waals surface area contributed by atoms with Gasteiger partial charge in [0.2, 0.25) is 0 Å². The molecule has 0 aliphatic rings. The molecule has 0 N–H and O–H groups in total. The second-order valence-electron chi connectivity index (χ2n) is 5.79. The molecule has 0 aliphatic heterocycles. The molecule has 5 nitrogen and oxygen atoms in total. The molecule has 0 saturated heterocycles. The Morgan fingerprint density at radius 1 is 1.22 bits per heavy atom. The van der Waals surface area contributed by atoms with Crippen molar-refractivity contribution < 1.29 is 0 Å². The maximum absolute atomic E-state index is 4.35. The molecule has 0 radical (unpaired) electrons. The van der Waals surface area contributed by atoms with E-state index in [1.807, 2.05) is 23.0 Å². The monoisotopic (exact) mass is 307 g/mol. The van der Waals surface area contributed by atoms with Gasteiger partial charge in [0.15, 0.2) is 0 Å². The van der Waals surface area contributed by atoms with Crippen LogP contribution in [0.3, 0.4) is 0 Å². The van der Waals surface area contributed by atoms with Gasteiger partial charge in [0, 0.05) is 31.2 Å². The highest BCUT2D eigenvalue weighted by Crippen LogP contribution is 2.21. The second kappa shape index (κ2) is 6.71. The number of aromatic nitrogens is 4. The first-order valence-corrected chi connectivity index (χ1v) is 7.71. The molecule has 0 aliphatic carbocycles. The first-order chi connectivity index (χ1) is 11.1. The number of rotatable bonds is 5.